The van der Waals surface area contributed by atoms with Crippen LogP contribution in [-0.2, 0) is 19.1 Å². The number of methoxy groups -OCH3 is 1. The molecule has 6 heteroatoms. The van der Waals surface area contributed by atoms with Gasteiger partial charge in [0.15, 0.2) is 0 Å². The molecule has 0 aliphatic carbocycles. The van der Waals surface area contributed by atoms with E-state index >= 15 is 0 Å². The van der Waals surface area contributed by atoms with E-state index in [0.717, 1.165) is 0 Å². The summed E-state index contributed by atoms with van der Waals surface area (Å²) in [5.74, 6) is -2.37. The number of carbonyl (C=O) groups is 3. The molecular formula is C9H15NO5. The summed E-state index contributed by atoms with van der Waals surface area (Å²) in [7, 11) is 1.21. The fourth-order valence-electron chi connectivity index (χ4n) is 0.993. The van der Waals surface area contributed by atoms with Crippen molar-refractivity contribution in [1.29, 1.82) is 0 Å². The van der Waals surface area contributed by atoms with Crippen LogP contribution >= 0.6 is 0 Å². The fourth-order valence-corrected chi connectivity index (χ4v) is 0.993. The van der Waals surface area contributed by atoms with Gasteiger partial charge in [-0.25, -0.2) is 0 Å². The minimum absolute atomic E-state index is 0.222. The predicted molar refractivity (Wildman–Crippen MR) is 51.1 cm³/mol. The topological polar surface area (TPSA) is 83.9 Å². The van der Waals surface area contributed by atoms with Crippen LogP contribution in [0.4, 0.5) is 0 Å². The molecule has 0 aromatic heterocycles. The van der Waals surface area contributed by atoms with Gasteiger partial charge in [0.25, 0.3) is 0 Å². The van der Waals surface area contributed by atoms with Crippen LogP contribution in [0.1, 0.15) is 20.3 Å². The van der Waals surface area contributed by atoms with E-state index in [1.807, 2.05) is 0 Å². The van der Waals surface area contributed by atoms with E-state index in [1.54, 1.807) is 13.8 Å². The van der Waals surface area contributed by atoms with Crippen LogP contribution in [0, 0.1) is 0 Å². The van der Waals surface area contributed by atoms with E-state index in [4.69, 9.17) is 5.11 Å². The summed E-state index contributed by atoms with van der Waals surface area (Å²) in [4.78, 5) is 33.8. The van der Waals surface area contributed by atoms with Crippen molar-refractivity contribution in [3.63, 3.8) is 0 Å². The van der Waals surface area contributed by atoms with Gasteiger partial charge in [-0.2, -0.15) is 0 Å². The number of carbonyl (C=O) groups excluding carboxylic acids is 2. The van der Waals surface area contributed by atoms with Crippen LogP contribution in [0.15, 0.2) is 0 Å². The smallest absolute Gasteiger partial charge is 0.325 e. The Morgan fingerprint density at radius 3 is 2.20 bits per heavy atom. The molecule has 0 fully saturated rings. The number of hydrogen-bond acceptors (Lipinski definition) is 4. The first kappa shape index (κ1) is 13.4. The quantitative estimate of drug-likeness (QED) is 0.512. The Kier molecular flexibility index (Phi) is 5.36. The van der Waals surface area contributed by atoms with Gasteiger partial charge in [-0.3, -0.25) is 14.4 Å². The molecule has 0 spiro atoms. The van der Waals surface area contributed by atoms with Crippen LogP contribution in [0.25, 0.3) is 0 Å². The molecule has 0 bridgehead atoms. The van der Waals surface area contributed by atoms with Gasteiger partial charge in [0.1, 0.15) is 13.0 Å². The minimum atomic E-state index is -1.21. The number of nitrogens with zero attached hydrogens (tertiary/aromatic N) is 1. The fraction of sp³-hybridized carbons (Fsp3) is 0.667. The summed E-state index contributed by atoms with van der Waals surface area (Å²) < 4.78 is 4.41. The molecule has 15 heavy (non-hydrogen) atoms. The second-order valence-corrected chi connectivity index (χ2v) is 3.26. The number of esters is 1. The second kappa shape index (κ2) is 6.00. The summed E-state index contributed by atoms with van der Waals surface area (Å²) in [5, 5.41) is 8.44. The maximum atomic E-state index is 11.4. The molecule has 0 unspecified atom stereocenters. The Bertz CT molecular complexity index is 261. The lowest BCUT2D eigenvalue weighted by Gasteiger charge is -2.24. The Hall–Kier alpha value is -1.59. The highest BCUT2D eigenvalue weighted by Crippen LogP contribution is 2.02. The highest BCUT2D eigenvalue weighted by molar-refractivity contribution is 5.94. The number of aliphatic carboxylic acids is 1. The number of ether oxygens (including phenoxy) is 1. The number of carboxylic acids is 1. The van der Waals surface area contributed by atoms with Crippen molar-refractivity contribution >= 4 is 17.8 Å². The van der Waals surface area contributed by atoms with Gasteiger partial charge in [-0.05, 0) is 13.8 Å². The molecule has 0 rings (SSSR count). The van der Waals surface area contributed by atoms with Crippen molar-refractivity contribution in [2.45, 2.75) is 26.3 Å². The predicted octanol–water partition coefficient (Wildman–Crippen LogP) is -0.129. The van der Waals surface area contributed by atoms with Crippen LogP contribution in [0.3, 0.4) is 0 Å². The Morgan fingerprint density at radius 2 is 1.87 bits per heavy atom. The largest absolute Gasteiger partial charge is 0.481 e. The molecule has 0 aromatic rings. The lowest BCUT2D eigenvalue weighted by molar-refractivity contribution is -0.151. The standard InChI is InChI=1S/C9H15NO5/c1-6(2)10(5-9(14)15-3)7(11)4-8(12)13/h6H,4-5H2,1-3H3,(H,12,13). The molecule has 0 atom stereocenters. The zero-order valence-electron chi connectivity index (χ0n) is 9.02. The van der Waals surface area contributed by atoms with Gasteiger partial charge < -0.3 is 14.7 Å². The third kappa shape index (κ3) is 4.99. The summed E-state index contributed by atoms with van der Waals surface area (Å²) in [6.07, 6.45) is -0.616. The highest BCUT2D eigenvalue weighted by atomic mass is 16.5. The Labute approximate surface area is 87.8 Å². The van der Waals surface area contributed by atoms with E-state index in [2.05, 4.69) is 4.74 Å². The van der Waals surface area contributed by atoms with E-state index in [1.165, 1.54) is 12.0 Å². The zero-order valence-corrected chi connectivity index (χ0v) is 9.02. The highest BCUT2D eigenvalue weighted by Gasteiger charge is 2.22. The molecule has 0 radical (unpaired) electrons. The van der Waals surface area contributed by atoms with E-state index in [-0.39, 0.29) is 12.6 Å². The SMILES string of the molecule is COC(=O)CN(C(=O)CC(=O)O)C(C)C. The van der Waals surface area contributed by atoms with Crippen molar-refractivity contribution in [3.05, 3.63) is 0 Å². The first-order valence-corrected chi connectivity index (χ1v) is 4.46. The van der Waals surface area contributed by atoms with Crippen molar-refractivity contribution in [2.24, 2.45) is 0 Å². The average molecular weight is 217 g/mol. The average Bonchev–Trinajstić information content (AvgIpc) is 2.11. The zero-order chi connectivity index (χ0) is 12.0. The minimum Gasteiger partial charge on any atom is -0.481 e. The van der Waals surface area contributed by atoms with E-state index < -0.39 is 24.3 Å². The van der Waals surface area contributed by atoms with Gasteiger partial charge in [0.2, 0.25) is 5.91 Å². The molecule has 0 aliphatic heterocycles. The summed E-state index contributed by atoms with van der Waals surface area (Å²) in [6.45, 7) is 3.17. The maximum Gasteiger partial charge on any atom is 0.325 e. The van der Waals surface area contributed by atoms with Crippen molar-refractivity contribution in [1.82, 2.24) is 4.90 Å². The van der Waals surface area contributed by atoms with E-state index in [0.29, 0.717) is 0 Å². The summed E-state index contributed by atoms with van der Waals surface area (Å²) >= 11 is 0. The molecule has 1 N–H and O–H groups in total. The molecule has 0 aliphatic rings. The number of rotatable bonds is 5. The summed E-state index contributed by atoms with van der Waals surface area (Å²) in [6, 6.07) is -0.240. The molecule has 1 amide bonds. The third-order valence-electron chi connectivity index (χ3n) is 1.77. The van der Waals surface area contributed by atoms with Crippen molar-refractivity contribution < 1.29 is 24.2 Å². The Morgan fingerprint density at radius 1 is 1.33 bits per heavy atom. The normalized spacial score (nSPS) is 9.87. The number of carboxylic acid groups (broad SMARTS) is 1. The van der Waals surface area contributed by atoms with Crippen LogP contribution < -0.4 is 0 Å². The lowest BCUT2D eigenvalue weighted by atomic mass is 10.2. The van der Waals surface area contributed by atoms with Gasteiger partial charge in [-0.15, -0.1) is 0 Å². The summed E-state index contributed by atoms with van der Waals surface area (Å²) in [5.41, 5.74) is 0. The van der Waals surface area contributed by atoms with Crippen LogP contribution in [0.2, 0.25) is 0 Å². The molecule has 0 saturated heterocycles. The van der Waals surface area contributed by atoms with Gasteiger partial charge in [-0.1, -0.05) is 0 Å². The van der Waals surface area contributed by atoms with E-state index in [9.17, 15) is 14.4 Å². The second-order valence-electron chi connectivity index (χ2n) is 3.26. The maximum absolute atomic E-state index is 11.4. The monoisotopic (exact) mass is 217 g/mol. The van der Waals surface area contributed by atoms with Crippen LogP contribution in [0.5, 0.6) is 0 Å². The molecule has 0 heterocycles. The first-order valence-electron chi connectivity index (χ1n) is 4.46. The van der Waals surface area contributed by atoms with Gasteiger partial charge >= 0.3 is 11.9 Å². The van der Waals surface area contributed by atoms with Crippen molar-refractivity contribution in [2.75, 3.05) is 13.7 Å². The lowest BCUT2D eigenvalue weighted by Crippen LogP contribution is -2.41. The molecular weight excluding hydrogens is 202 g/mol. The number of amides is 1. The molecule has 86 valence electrons. The molecule has 0 aromatic carbocycles. The Balaban J connectivity index is 4.45. The molecule has 6 nitrogen and oxygen atoms in total. The number of hydrogen-bond donors (Lipinski definition) is 1. The van der Waals surface area contributed by atoms with Crippen LogP contribution in [-0.4, -0.2) is 47.5 Å². The third-order valence-corrected chi connectivity index (χ3v) is 1.77. The molecule has 0 saturated carbocycles. The van der Waals surface area contributed by atoms with Crippen molar-refractivity contribution in [3.8, 4) is 0 Å². The first-order chi connectivity index (χ1) is 6.88. The van der Waals surface area contributed by atoms with Gasteiger partial charge in [0.05, 0.1) is 7.11 Å². The van der Waals surface area contributed by atoms with Gasteiger partial charge in [0, 0.05) is 6.04 Å².